The zero-order chi connectivity index (χ0) is 12.4. The number of halogens is 2. The van der Waals surface area contributed by atoms with Gasteiger partial charge in [-0.15, -0.1) is 0 Å². The van der Waals surface area contributed by atoms with Gasteiger partial charge in [0.05, 0.1) is 22.9 Å². The predicted octanol–water partition coefficient (Wildman–Crippen LogP) is 1.65. The summed E-state index contributed by atoms with van der Waals surface area (Å²) in [6.07, 6.45) is -0.0525. The summed E-state index contributed by atoms with van der Waals surface area (Å²) in [5.41, 5.74) is 0.518. The number of hydrogen-bond acceptors (Lipinski definition) is 3. The lowest BCUT2D eigenvalue weighted by molar-refractivity contribution is -0.117. The van der Waals surface area contributed by atoms with Crippen LogP contribution < -0.4 is 10.6 Å². The Morgan fingerprint density at radius 1 is 1.47 bits per heavy atom. The molecule has 0 aromatic heterocycles. The standard InChI is InChI=1S/C11H12Cl2N2O2/c12-6-1-2-9(8(13)3-6)15-11(17)10-4-7(16)5-14-10/h1-3,7,10,14,16H,4-5H2,(H,15,17). The molecule has 1 amide bonds. The molecule has 0 radical (unpaired) electrons. The van der Waals surface area contributed by atoms with Gasteiger partial charge in [-0.3, -0.25) is 4.79 Å². The van der Waals surface area contributed by atoms with Crippen molar-refractivity contribution < 1.29 is 9.90 Å². The van der Waals surface area contributed by atoms with E-state index in [1.807, 2.05) is 0 Å². The largest absolute Gasteiger partial charge is 0.392 e. The molecule has 2 atom stereocenters. The van der Waals surface area contributed by atoms with Crippen LogP contribution in [0.3, 0.4) is 0 Å². The van der Waals surface area contributed by atoms with E-state index in [4.69, 9.17) is 23.2 Å². The first kappa shape index (κ1) is 12.6. The number of carbonyl (C=O) groups is 1. The number of benzene rings is 1. The fraction of sp³-hybridized carbons (Fsp3) is 0.364. The summed E-state index contributed by atoms with van der Waals surface area (Å²) in [6, 6.07) is 4.49. The Morgan fingerprint density at radius 3 is 2.82 bits per heavy atom. The highest BCUT2D eigenvalue weighted by Crippen LogP contribution is 2.25. The zero-order valence-electron chi connectivity index (χ0n) is 8.91. The Labute approximate surface area is 109 Å². The lowest BCUT2D eigenvalue weighted by Crippen LogP contribution is -2.35. The molecule has 1 aliphatic rings. The van der Waals surface area contributed by atoms with Crippen molar-refractivity contribution in [3.63, 3.8) is 0 Å². The minimum Gasteiger partial charge on any atom is -0.392 e. The van der Waals surface area contributed by atoms with E-state index in [0.29, 0.717) is 28.7 Å². The maximum Gasteiger partial charge on any atom is 0.241 e. The van der Waals surface area contributed by atoms with Crippen molar-refractivity contribution >= 4 is 34.8 Å². The third kappa shape index (κ3) is 3.10. The molecule has 1 fully saturated rings. The first-order chi connectivity index (χ1) is 8.06. The molecule has 1 aromatic rings. The maximum absolute atomic E-state index is 11.8. The quantitative estimate of drug-likeness (QED) is 0.769. The fourth-order valence-electron chi connectivity index (χ4n) is 1.73. The molecule has 1 heterocycles. The van der Waals surface area contributed by atoms with Crippen molar-refractivity contribution in [1.82, 2.24) is 5.32 Å². The summed E-state index contributed by atoms with van der Waals surface area (Å²) in [5.74, 6) is -0.203. The Hall–Kier alpha value is -0.810. The van der Waals surface area contributed by atoms with Gasteiger partial charge in [-0.1, -0.05) is 23.2 Å². The van der Waals surface area contributed by atoms with Crippen LogP contribution in [-0.4, -0.2) is 29.7 Å². The van der Waals surface area contributed by atoms with E-state index in [9.17, 15) is 9.90 Å². The molecule has 0 spiro atoms. The molecule has 17 heavy (non-hydrogen) atoms. The predicted molar refractivity (Wildman–Crippen MR) is 67.5 cm³/mol. The molecule has 1 aliphatic heterocycles. The second kappa shape index (κ2) is 5.23. The molecule has 6 heteroatoms. The molecule has 4 nitrogen and oxygen atoms in total. The molecule has 2 rings (SSSR count). The highest BCUT2D eigenvalue weighted by atomic mass is 35.5. The van der Waals surface area contributed by atoms with Crippen LogP contribution in [0, 0.1) is 0 Å². The van der Waals surface area contributed by atoms with Crippen LogP contribution in [0.5, 0.6) is 0 Å². The molecule has 0 bridgehead atoms. The third-order valence-electron chi connectivity index (χ3n) is 2.61. The number of amides is 1. The normalized spacial score (nSPS) is 23.7. The van der Waals surface area contributed by atoms with Crippen LogP contribution in [0.4, 0.5) is 5.69 Å². The van der Waals surface area contributed by atoms with Gasteiger partial charge in [0.1, 0.15) is 0 Å². The average molecular weight is 275 g/mol. The molecular weight excluding hydrogens is 263 g/mol. The number of aliphatic hydroxyl groups is 1. The van der Waals surface area contributed by atoms with Crippen LogP contribution in [0.1, 0.15) is 6.42 Å². The summed E-state index contributed by atoms with van der Waals surface area (Å²) in [4.78, 5) is 11.8. The SMILES string of the molecule is O=C(Nc1ccc(Cl)cc1Cl)C1CC(O)CN1. The van der Waals surface area contributed by atoms with Crippen molar-refractivity contribution in [2.45, 2.75) is 18.6 Å². The Balaban J connectivity index is 2.03. The maximum atomic E-state index is 11.8. The van der Waals surface area contributed by atoms with Crippen LogP contribution in [0.25, 0.3) is 0 Å². The van der Waals surface area contributed by atoms with E-state index in [0.717, 1.165) is 0 Å². The highest BCUT2D eigenvalue weighted by molar-refractivity contribution is 6.36. The van der Waals surface area contributed by atoms with E-state index >= 15 is 0 Å². The van der Waals surface area contributed by atoms with E-state index in [-0.39, 0.29) is 11.9 Å². The van der Waals surface area contributed by atoms with Crippen LogP contribution in [-0.2, 0) is 4.79 Å². The molecular formula is C11H12Cl2N2O2. The number of β-amino-alcohol motifs (C(OH)–C–C–N with tert-alkyl or cyclic N) is 1. The second-order valence-corrected chi connectivity index (χ2v) is 4.81. The summed E-state index contributed by atoms with van der Waals surface area (Å²) < 4.78 is 0. The smallest absolute Gasteiger partial charge is 0.241 e. The van der Waals surface area contributed by atoms with E-state index in [2.05, 4.69) is 10.6 Å². The zero-order valence-corrected chi connectivity index (χ0v) is 10.4. The van der Waals surface area contributed by atoms with E-state index in [1.54, 1.807) is 18.2 Å². The van der Waals surface area contributed by atoms with Gasteiger partial charge in [-0.05, 0) is 24.6 Å². The van der Waals surface area contributed by atoms with Crippen molar-refractivity contribution in [1.29, 1.82) is 0 Å². The number of hydrogen-bond donors (Lipinski definition) is 3. The van der Waals surface area contributed by atoms with Gasteiger partial charge in [0.25, 0.3) is 0 Å². The molecule has 3 N–H and O–H groups in total. The topological polar surface area (TPSA) is 61.4 Å². The van der Waals surface area contributed by atoms with Crippen LogP contribution in [0.15, 0.2) is 18.2 Å². The van der Waals surface area contributed by atoms with Gasteiger partial charge < -0.3 is 15.7 Å². The Kier molecular flexibility index (Phi) is 3.89. The number of rotatable bonds is 2. The first-order valence-electron chi connectivity index (χ1n) is 5.23. The van der Waals surface area contributed by atoms with Crippen LogP contribution >= 0.6 is 23.2 Å². The van der Waals surface area contributed by atoms with E-state index in [1.165, 1.54) is 0 Å². The molecule has 0 saturated carbocycles. The van der Waals surface area contributed by atoms with Crippen molar-refractivity contribution in [2.75, 3.05) is 11.9 Å². The average Bonchev–Trinajstić information content (AvgIpc) is 2.69. The van der Waals surface area contributed by atoms with Gasteiger partial charge in [0.15, 0.2) is 0 Å². The second-order valence-electron chi connectivity index (χ2n) is 3.96. The highest BCUT2D eigenvalue weighted by Gasteiger charge is 2.28. The Morgan fingerprint density at radius 2 is 2.24 bits per heavy atom. The number of carbonyl (C=O) groups excluding carboxylic acids is 1. The fourth-order valence-corrected chi connectivity index (χ4v) is 2.18. The van der Waals surface area contributed by atoms with Gasteiger partial charge in [-0.2, -0.15) is 0 Å². The van der Waals surface area contributed by atoms with E-state index < -0.39 is 6.10 Å². The van der Waals surface area contributed by atoms with Crippen LogP contribution in [0.2, 0.25) is 10.0 Å². The summed E-state index contributed by atoms with van der Waals surface area (Å²) >= 11 is 11.7. The van der Waals surface area contributed by atoms with Gasteiger partial charge in [-0.25, -0.2) is 0 Å². The molecule has 1 aromatic carbocycles. The van der Waals surface area contributed by atoms with Crippen molar-refractivity contribution in [3.05, 3.63) is 28.2 Å². The number of aliphatic hydroxyl groups excluding tert-OH is 1. The molecule has 0 aliphatic carbocycles. The minimum atomic E-state index is -0.466. The summed E-state index contributed by atoms with van der Waals surface area (Å²) in [6.45, 7) is 0.437. The van der Waals surface area contributed by atoms with Gasteiger partial charge in [0, 0.05) is 11.6 Å². The third-order valence-corrected chi connectivity index (χ3v) is 3.16. The first-order valence-corrected chi connectivity index (χ1v) is 5.99. The molecule has 92 valence electrons. The number of nitrogens with one attached hydrogen (secondary N) is 2. The summed E-state index contributed by atoms with van der Waals surface area (Å²) in [5, 5.41) is 15.9. The monoisotopic (exact) mass is 274 g/mol. The lowest BCUT2D eigenvalue weighted by Gasteiger charge is -2.12. The Bertz CT molecular complexity index is 439. The molecule has 1 saturated heterocycles. The number of anilines is 1. The minimum absolute atomic E-state index is 0.203. The van der Waals surface area contributed by atoms with Gasteiger partial charge in [0.2, 0.25) is 5.91 Å². The van der Waals surface area contributed by atoms with Gasteiger partial charge >= 0.3 is 0 Å². The van der Waals surface area contributed by atoms with Crippen molar-refractivity contribution in [3.8, 4) is 0 Å². The van der Waals surface area contributed by atoms with Crippen molar-refractivity contribution in [2.24, 2.45) is 0 Å². The molecule has 2 unspecified atom stereocenters. The lowest BCUT2D eigenvalue weighted by atomic mass is 10.2. The summed E-state index contributed by atoms with van der Waals surface area (Å²) in [7, 11) is 0.